The lowest BCUT2D eigenvalue weighted by Gasteiger charge is -2.21. The molecule has 2 atom stereocenters. The lowest BCUT2D eigenvalue weighted by molar-refractivity contribution is -0.130. The van der Waals surface area contributed by atoms with Crippen LogP contribution in [0.5, 0.6) is 0 Å². The van der Waals surface area contributed by atoms with E-state index >= 15 is 0 Å². The molecule has 0 radical (unpaired) electrons. The Morgan fingerprint density at radius 1 is 1.47 bits per heavy atom. The van der Waals surface area contributed by atoms with Crippen LogP contribution in [-0.2, 0) is 11.3 Å². The molecule has 19 heavy (non-hydrogen) atoms. The number of hydrogen-bond donors (Lipinski definition) is 1. The van der Waals surface area contributed by atoms with Crippen molar-refractivity contribution in [3.8, 4) is 0 Å². The summed E-state index contributed by atoms with van der Waals surface area (Å²) in [7, 11) is 3.86. The molecule has 1 aromatic rings. The van der Waals surface area contributed by atoms with Gasteiger partial charge in [0.1, 0.15) is 0 Å². The summed E-state index contributed by atoms with van der Waals surface area (Å²) in [4.78, 5) is 19.8. The molecule has 1 aromatic heterocycles. The first-order chi connectivity index (χ1) is 9.08. The highest BCUT2D eigenvalue weighted by molar-refractivity contribution is 5.76. The molecule has 0 aliphatic carbocycles. The minimum absolute atomic E-state index is 0.0533. The minimum Gasteiger partial charge on any atom is -0.390 e. The van der Waals surface area contributed by atoms with Crippen molar-refractivity contribution in [1.29, 1.82) is 0 Å². The van der Waals surface area contributed by atoms with E-state index in [4.69, 9.17) is 0 Å². The maximum atomic E-state index is 12.1. The second kappa shape index (κ2) is 6.16. The number of likely N-dealkylation sites (tertiary alicyclic amines) is 1. The van der Waals surface area contributed by atoms with Gasteiger partial charge in [-0.25, -0.2) is 4.98 Å². The molecule has 2 rings (SSSR count). The Labute approximate surface area is 113 Å². The number of aryl methyl sites for hydroxylation is 1. The van der Waals surface area contributed by atoms with Crippen molar-refractivity contribution in [1.82, 2.24) is 19.4 Å². The van der Waals surface area contributed by atoms with Gasteiger partial charge in [0.15, 0.2) is 0 Å². The SMILES string of the molecule is CN(C)[C@@H]1CN(C(=O)CCCn2ccnc2)C[C@H]1O. The fourth-order valence-electron chi connectivity index (χ4n) is 2.47. The molecule has 0 saturated carbocycles. The van der Waals surface area contributed by atoms with Gasteiger partial charge in [-0.1, -0.05) is 0 Å². The molecule has 1 aliphatic heterocycles. The van der Waals surface area contributed by atoms with Crippen molar-refractivity contribution in [3.05, 3.63) is 18.7 Å². The van der Waals surface area contributed by atoms with Crippen LogP contribution in [0.25, 0.3) is 0 Å². The van der Waals surface area contributed by atoms with E-state index in [2.05, 4.69) is 4.98 Å². The van der Waals surface area contributed by atoms with E-state index < -0.39 is 6.10 Å². The van der Waals surface area contributed by atoms with Crippen LogP contribution >= 0.6 is 0 Å². The molecule has 0 aromatic carbocycles. The van der Waals surface area contributed by atoms with Gasteiger partial charge in [0, 0.05) is 38.4 Å². The van der Waals surface area contributed by atoms with Crippen LogP contribution in [0.3, 0.4) is 0 Å². The maximum absolute atomic E-state index is 12.1. The molecule has 6 nitrogen and oxygen atoms in total. The van der Waals surface area contributed by atoms with Gasteiger partial charge in [-0.2, -0.15) is 0 Å². The molecule has 1 amide bonds. The summed E-state index contributed by atoms with van der Waals surface area (Å²) in [6.45, 7) is 1.88. The fraction of sp³-hybridized carbons (Fsp3) is 0.692. The van der Waals surface area contributed by atoms with Crippen LogP contribution in [0.2, 0.25) is 0 Å². The number of rotatable bonds is 5. The highest BCUT2D eigenvalue weighted by Crippen LogP contribution is 2.15. The Hall–Kier alpha value is -1.40. The average Bonchev–Trinajstić information content (AvgIpc) is 2.98. The first kappa shape index (κ1) is 14.0. The third-order valence-electron chi connectivity index (χ3n) is 3.64. The van der Waals surface area contributed by atoms with Gasteiger partial charge in [0.25, 0.3) is 0 Å². The first-order valence-electron chi connectivity index (χ1n) is 6.66. The Kier molecular flexibility index (Phi) is 4.55. The van der Waals surface area contributed by atoms with Gasteiger partial charge < -0.3 is 19.5 Å². The molecule has 6 heteroatoms. The fourth-order valence-corrected chi connectivity index (χ4v) is 2.47. The van der Waals surface area contributed by atoms with Crippen molar-refractivity contribution >= 4 is 5.91 Å². The predicted molar refractivity (Wildman–Crippen MR) is 71.5 cm³/mol. The Bertz CT molecular complexity index is 405. The Balaban J connectivity index is 1.75. The number of β-amino-alcohol motifs (C(OH)–C–C–N with tert-alkyl or cyclic N) is 1. The number of carbonyl (C=O) groups is 1. The first-order valence-corrected chi connectivity index (χ1v) is 6.66. The van der Waals surface area contributed by atoms with Crippen LogP contribution < -0.4 is 0 Å². The summed E-state index contributed by atoms with van der Waals surface area (Å²) >= 11 is 0. The molecule has 1 fully saturated rings. The van der Waals surface area contributed by atoms with E-state index in [1.807, 2.05) is 29.8 Å². The van der Waals surface area contributed by atoms with Crippen LogP contribution in [0.4, 0.5) is 0 Å². The largest absolute Gasteiger partial charge is 0.390 e. The number of aliphatic hydroxyl groups is 1. The Morgan fingerprint density at radius 3 is 2.84 bits per heavy atom. The molecule has 0 spiro atoms. The molecular weight excluding hydrogens is 244 g/mol. The third-order valence-corrected chi connectivity index (χ3v) is 3.64. The zero-order chi connectivity index (χ0) is 13.8. The summed E-state index contributed by atoms with van der Waals surface area (Å²) in [6.07, 6.45) is 6.27. The number of aromatic nitrogens is 2. The number of hydrogen-bond acceptors (Lipinski definition) is 4. The third kappa shape index (κ3) is 3.54. The van der Waals surface area contributed by atoms with Gasteiger partial charge in [0.2, 0.25) is 5.91 Å². The second-order valence-electron chi connectivity index (χ2n) is 5.30. The quantitative estimate of drug-likeness (QED) is 0.801. The molecule has 2 heterocycles. The maximum Gasteiger partial charge on any atom is 0.222 e. The zero-order valence-electron chi connectivity index (χ0n) is 11.6. The topological polar surface area (TPSA) is 61.6 Å². The molecular formula is C13H22N4O2. The number of imidazole rings is 1. The number of carbonyl (C=O) groups excluding carboxylic acids is 1. The van der Waals surface area contributed by atoms with Crippen LogP contribution in [0.1, 0.15) is 12.8 Å². The smallest absolute Gasteiger partial charge is 0.222 e. The van der Waals surface area contributed by atoms with Crippen molar-refractivity contribution in [3.63, 3.8) is 0 Å². The van der Waals surface area contributed by atoms with Crippen LogP contribution in [0.15, 0.2) is 18.7 Å². The summed E-state index contributed by atoms with van der Waals surface area (Å²) in [5.41, 5.74) is 0. The monoisotopic (exact) mass is 266 g/mol. The highest BCUT2D eigenvalue weighted by atomic mass is 16.3. The number of aliphatic hydroxyl groups excluding tert-OH is 1. The van der Waals surface area contributed by atoms with E-state index in [1.54, 1.807) is 17.4 Å². The average molecular weight is 266 g/mol. The molecule has 1 N–H and O–H groups in total. The van der Waals surface area contributed by atoms with Gasteiger partial charge >= 0.3 is 0 Å². The van der Waals surface area contributed by atoms with E-state index in [0.29, 0.717) is 19.5 Å². The van der Waals surface area contributed by atoms with Gasteiger partial charge in [-0.3, -0.25) is 4.79 Å². The van der Waals surface area contributed by atoms with E-state index in [0.717, 1.165) is 13.0 Å². The lowest BCUT2D eigenvalue weighted by atomic mass is 10.2. The number of likely N-dealkylation sites (N-methyl/N-ethyl adjacent to an activating group) is 1. The normalized spacial score (nSPS) is 23.3. The van der Waals surface area contributed by atoms with E-state index in [9.17, 15) is 9.90 Å². The number of nitrogens with zero attached hydrogens (tertiary/aromatic N) is 4. The summed E-state index contributed by atoms with van der Waals surface area (Å²) in [6, 6.07) is 0.0533. The van der Waals surface area contributed by atoms with Crippen molar-refractivity contribution in [2.75, 3.05) is 27.2 Å². The van der Waals surface area contributed by atoms with Gasteiger partial charge in [-0.15, -0.1) is 0 Å². The molecule has 0 unspecified atom stereocenters. The summed E-state index contributed by atoms with van der Waals surface area (Å²) in [5, 5.41) is 9.91. The lowest BCUT2D eigenvalue weighted by Crippen LogP contribution is -2.38. The summed E-state index contributed by atoms with van der Waals surface area (Å²) < 4.78 is 1.97. The molecule has 0 bridgehead atoms. The van der Waals surface area contributed by atoms with Gasteiger partial charge in [0.05, 0.1) is 18.5 Å². The van der Waals surface area contributed by atoms with E-state index in [1.165, 1.54) is 0 Å². The summed E-state index contributed by atoms with van der Waals surface area (Å²) in [5.74, 6) is 0.128. The molecule has 106 valence electrons. The predicted octanol–water partition coefficient (Wildman–Crippen LogP) is -0.203. The minimum atomic E-state index is -0.437. The second-order valence-corrected chi connectivity index (χ2v) is 5.30. The molecule has 1 saturated heterocycles. The van der Waals surface area contributed by atoms with Crippen molar-refractivity contribution in [2.45, 2.75) is 31.5 Å². The van der Waals surface area contributed by atoms with Crippen LogP contribution in [0, 0.1) is 0 Å². The van der Waals surface area contributed by atoms with Crippen molar-refractivity contribution in [2.24, 2.45) is 0 Å². The Morgan fingerprint density at radius 2 is 2.26 bits per heavy atom. The number of amides is 1. The zero-order valence-corrected chi connectivity index (χ0v) is 11.6. The van der Waals surface area contributed by atoms with Crippen LogP contribution in [-0.4, -0.2) is 69.7 Å². The molecule has 1 aliphatic rings. The van der Waals surface area contributed by atoms with Gasteiger partial charge in [-0.05, 0) is 20.5 Å². The van der Waals surface area contributed by atoms with Crippen molar-refractivity contribution < 1.29 is 9.90 Å². The highest BCUT2D eigenvalue weighted by Gasteiger charge is 2.34. The standard InChI is InChI=1S/C13H22N4O2/c1-15(2)11-8-17(9-12(11)18)13(19)4-3-6-16-7-5-14-10-16/h5,7,10-12,18H,3-4,6,8-9H2,1-2H3/t11-,12-/m1/s1. The van der Waals surface area contributed by atoms with E-state index in [-0.39, 0.29) is 11.9 Å².